The Hall–Kier alpha value is -3.13. The van der Waals surface area contributed by atoms with E-state index in [1.54, 1.807) is 46.6 Å². The minimum atomic E-state index is -0.212. The highest BCUT2D eigenvalue weighted by Gasteiger charge is 2.50. The molecule has 1 saturated carbocycles. The molecule has 2 aromatic carbocycles. The zero-order valence-electron chi connectivity index (χ0n) is 20.6. The Kier molecular flexibility index (Phi) is 7.07. The summed E-state index contributed by atoms with van der Waals surface area (Å²) in [5, 5.41) is 6.11. The minimum Gasteiger partial charge on any atom is -0.493 e. The molecule has 2 aliphatic rings. The van der Waals surface area contributed by atoms with Crippen LogP contribution in [0.5, 0.6) is 23.0 Å². The summed E-state index contributed by atoms with van der Waals surface area (Å²) in [4.78, 5) is 15.2. The highest BCUT2D eigenvalue weighted by molar-refractivity contribution is 5.89. The van der Waals surface area contributed by atoms with Crippen molar-refractivity contribution in [3.63, 3.8) is 0 Å². The number of anilines is 1. The number of hydrogen-bond acceptors (Lipinski definition) is 6. The summed E-state index contributed by atoms with van der Waals surface area (Å²) in [5.74, 6) is 2.70. The lowest BCUT2D eigenvalue weighted by atomic mass is 9.65. The van der Waals surface area contributed by atoms with E-state index in [0.29, 0.717) is 23.2 Å². The van der Waals surface area contributed by atoms with Gasteiger partial charge in [-0.15, -0.1) is 0 Å². The lowest BCUT2D eigenvalue weighted by Gasteiger charge is -2.45. The van der Waals surface area contributed by atoms with Crippen LogP contribution in [0.2, 0.25) is 0 Å². The molecule has 1 aliphatic heterocycles. The van der Waals surface area contributed by atoms with Crippen LogP contribution >= 0.6 is 0 Å². The summed E-state index contributed by atoms with van der Waals surface area (Å²) >= 11 is 0. The maximum absolute atomic E-state index is 12.8. The van der Waals surface area contributed by atoms with Crippen molar-refractivity contribution in [1.82, 2.24) is 10.2 Å². The predicted molar refractivity (Wildman–Crippen MR) is 132 cm³/mol. The quantitative estimate of drug-likeness (QED) is 0.637. The summed E-state index contributed by atoms with van der Waals surface area (Å²) in [6.45, 7) is 1.03. The number of urea groups is 1. The van der Waals surface area contributed by atoms with Crippen LogP contribution in [0.1, 0.15) is 31.2 Å². The van der Waals surface area contributed by atoms with E-state index >= 15 is 0 Å². The Morgan fingerprint density at radius 1 is 0.912 bits per heavy atom. The first-order valence-corrected chi connectivity index (χ1v) is 11.7. The summed E-state index contributed by atoms with van der Waals surface area (Å²) < 4.78 is 21.6. The fourth-order valence-corrected chi connectivity index (χ4v) is 5.66. The SMILES string of the molecule is COc1ccc(NC(=O)N[C@@H]2CC[C@@]3(c4ccc(OC)c(OC)c4)CCN(C)[C@H]3C2)cc1OC. The zero-order valence-corrected chi connectivity index (χ0v) is 20.6. The van der Waals surface area contributed by atoms with Crippen LogP contribution in [0.15, 0.2) is 36.4 Å². The molecule has 2 aromatic rings. The number of likely N-dealkylation sites (tertiary alicyclic amines) is 1. The second kappa shape index (κ2) is 10.0. The van der Waals surface area contributed by atoms with Crippen molar-refractivity contribution in [1.29, 1.82) is 0 Å². The van der Waals surface area contributed by atoms with Gasteiger partial charge in [0.15, 0.2) is 23.0 Å². The van der Waals surface area contributed by atoms with Gasteiger partial charge in [0, 0.05) is 29.3 Å². The number of fused-ring (bicyclic) bond motifs is 1. The Bertz CT molecular complexity index is 1030. The number of carbonyl (C=O) groups excluding carboxylic acids is 1. The molecule has 3 atom stereocenters. The van der Waals surface area contributed by atoms with E-state index in [9.17, 15) is 4.79 Å². The standard InChI is InChI=1S/C26H35N3O5/c1-29-13-12-26(17-6-8-20(31-2)22(14-17)33-4)11-10-19(16-24(26)29)28-25(30)27-18-7-9-21(32-3)23(15-18)34-5/h6-9,14-15,19,24H,10-13,16H2,1-5H3,(H2,27,28,30)/t19-,24+,26+/m1/s1. The Morgan fingerprint density at radius 2 is 1.56 bits per heavy atom. The molecule has 0 bridgehead atoms. The van der Waals surface area contributed by atoms with Crippen molar-refractivity contribution in [2.45, 2.75) is 43.2 Å². The van der Waals surface area contributed by atoms with Gasteiger partial charge in [-0.05, 0) is 69.1 Å². The molecule has 0 spiro atoms. The zero-order chi connectivity index (χ0) is 24.3. The van der Waals surface area contributed by atoms with Crippen molar-refractivity contribution in [2.75, 3.05) is 47.3 Å². The summed E-state index contributed by atoms with van der Waals surface area (Å²) in [5.41, 5.74) is 1.99. The summed E-state index contributed by atoms with van der Waals surface area (Å²) in [6.07, 6.45) is 3.90. The van der Waals surface area contributed by atoms with Crippen molar-refractivity contribution < 1.29 is 23.7 Å². The number of likely N-dealkylation sites (N-methyl/N-ethyl adjacent to an activating group) is 1. The van der Waals surface area contributed by atoms with Crippen LogP contribution in [-0.2, 0) is 5.41 Å². The van der Waals surface area contributed by atoms with Gasteiger partial charge in [0.05, 0.1) is 28.4 Å². The average Bonchev–Trinajstić information content (AvgIpc) is 3.20. The molecule has 184 valence electrons. The number of hydrogen-bond donors (Lipinski definition) is 2. The van der Waals surface area contributed by atoms with Crippen LogP contribution in [0, 0.1) is 0 Å². The smallest absolute Gasteiger partial charge is 0.319 e. The number of amides is 2. The summed E-state index contributed by atoms with van der Waals surface area (Å²) in [7, 11) is 8.68. The van der Waals surface area contributed by atoms with E-state index in [2.05, 4.69) is 34.7 Å². The van der Waals surface area contributed by atoms with Gasteiger partial charge in [0.25, 0.3) is 0 Å². The van der Waals surface area contributed by atoms with Crippen molar-refractivity contribution in [3.8, 4) is 23.0 Å². The number of methoxy groups -OCH3 is 4. The van der Waals surface area contributed by atoms with Gasteiger partial charge in [0.1, 0.15) is 0 Å². The third-order valence-electron chi connectivity index (χ3n) is 7.46. The molecule has 2 fully saturated rings. The molecule has 1 saturated heterocycles. The number of nitrogens with zero attached hydrogens (tertiary/aromatic N) is 1. The second-order valence-corrected chi connectivity index (χ2v) is 9.11. The minimum absolute atomic E-state index is 0.0479. The van der Waals surface area contributed by atoms with Crippen molar-refractivity contribution in [3.05, 3.63) is 42.0 Å². The third-order valence-corrected chi connectivity index (χ3v) is 7.46. The Labute approximate surface area is 201 Å². The first-order valence-electron chi connectivity index (χ1n) is 11.7. The van der Waals surface area contributed by atoms with Crippen LogP contribution in [-0.4, -0.2) is 65.0 Å². The molecular formula is C26H35N3O5. The lowest BCUT2D eigenvalue weighted by Crippen LogP contribution is -2.52. The van der Waals surface area contributed by atoms with E-state index in [4.69, 9.17) is 18.9 Å². The predicted octanol–water partition coefficient (Wildman–Crippen LogP) is 4.04. The fraction of sp³-hybridized carbons (Fsp3) is 0.500. The molecule has 2 N–H and O–H groups in total. The molecule has 0 aromatic heterocycles. The highest BCUT2D eigenvalue weighted by Crippen LogP contribution is 2.49. The number of ether oxygens (including phenoxy) is 4. The number of carbonyl (C=O) groups is 1. The van der Waals surface area contributed by atoms with Gasteiger partial charge >= 0.3 is 6.03 Å². The largest absolute Gasteiger partial charge is 0.493 e. The first kappa shape index (κ1) is 24.0. The molecule has 1 aliphatic carbocycles. The van der Waals surface area contributed by atoms with E-state index in [-0.39, 0.29) is 17.5 Å². The Morgan fingerprint density at radius 3 is 2.24 bits per heavy atom. The van der Waals surface area contributed by atoms with Crippen LogP contribution in [0.25, 0.3) is 0 Å². The molecule has 0 unspecified atom stereocenters. The molecule has 1 heterocycles. The van der Waals surface area contributed by atoms with Gasteiger partial charge in [-0.1, -0.05) is 6.07 Å². The maximum atomic E-state index is 12.8. The number of benzene rings is 2. The Balaban J connectivity index is 1.46. The van der Waals surface area contributed by atoms with Gasteiger partial charge in [0.2, 0.25) is 0 Å². The maximum Gasteiger partial charge on any atom is 0.319 e. The van der Waals surface area contributed by atoms with Crippen LogP contribution < -0.4 is 29.6 Å². The fourth-order valence-electron chi connectivity index (χ4n) is 5.66. The topological polar surface area (TPSA) is 81.3 Å². The normalized spacial score (nSPS) is 24.1. The number of rotatable bonds is 7. The average molecular weight is 470 g/mol. The molecule has 8 nitrogen and oxygen atoms in total. The van der Waals surface area contributed by atoms with Gasteiger partial charge in [-0.25, -0.2) is 4.79 Å². The first-order chi connectivity index (χ1) is 16.4. The van der Waals surface area contributed by atoms with Gasteiger partial charge in [-0.2, -0.15) is 0 Å². The van der Waals surface area contributed by atoms with Crippen LogP contribution in [0.4, 0.5) is 10.5 Å². The van der Waals surface area contributed by atoms with Crippen molar-refractivity contribution in [2.24, 2.45) is 0 Å². The monoisotopic (exact) mass is 469 g/mol. The van der Waals surface area contributed by atoms with E-state index in [1.807, 2.05) is 6.07 Å². The van der Waals surface area contributed by atoms with Crippen molar-refractivity contribution >= 4 is 11.7 Å². The molecule has 0 radical (unpaired) electrons. The molecule has 2 amide bonds. The third kappa shape index (κ3) is 4.46. The van der Waals surface area contributed by atoms with Gasteiger partial charge < -0.3 is 34.5 Å². The van der Waals surface area contributed by atoms with E-state index in [1.165, 1.54) is 5.56 Å². The molecule has 8 heteroatoms. The highest BCUT2D eigenvalue weighted by atomic mass is 16.5. The van der Waals surface area contributed by atoms with Gasteiger partial charge in [-0.3, -0.25) is 0 Å². The molecular weight excluding hydrogens is 434 g/mol. The summed E-state index contributed by atoms with van der Waals surface area (Å²) in [6, 6.07) is 11.9. The molecule has 4 rings (SSSR count). The molecule has 34 heavy (non-hydrogen) atoms. The van der Waals surface area contributed by atoms with Crippen LogP contribution in [0.3, 0.4) is 0 Å². The lowest BCUT2D eigenvalue weighted by molar-refractivity contribution is 0.156. The van der Waals surface area contributed by atoms with E-state index < -0.39 is 0 Å². The van der Waals surface area contributed by atoms with E-state index in [0.717, 1.165) is 43.7 Å². The number of nitrogens with one attached hydrogen (secondary N) is 2. The second-order valence-electron chi connectivity index (χ2n) is 9.11.